The first-order chi connectivity index (χ1) is 13.7. The maximum atomic E-state index is 14.0. The standard InChI is InChI=1S/C19H13F4N3O3/c1-9(27)10-4-2-3-5-13(10)24-19(29)14-6-7-15(28)26(25-14)18-16(22)11(20)8-12(21)17(18)23/h2-5,8H,6-7H2,1H3,(H,24,29). The van der Waals surface area contributed by atoms with Crippen molar-refractivity contribution < 1.29 is 31.9 Å². The summed E-state index contributed by atoms with van der Waals surface area (Å²) in [4.78, 5) is 36.2. The molecule has 0 spiro atoms. The molecule has 150 valence electrons. The molecule has 6 nitrogen and oxygen atoms in total. The van der Waals surface area contributed by atoms with Gasteiger partial charge in [0.05, 0.1) is 5.69 Å². The number of rotatable bonds is 4. The molecule has 0 bridgehead atoms. The Bertz CT molecular complexity index is 1040. The molecule has 0 atom stereocenters. The van der Waals surface area contributed by atoms with Crippen molar-refractivity contribution in [1.82, 2.24) is 0 Å². The zero-order valence-electron chi connectivity index (χ0n) is 14.9. The maximum absolute atomic E-state index is 14.0. The number of amides is 2. The number of nitrogens with zero attached hydrogens (tertiary/aromatic N) is 2. The van der Waals surface area contributed by atoms with Crippen LogP contribution in [0.5, 0.6) is 0 Å². The summed E-state index contributed by atoms with van der Waals surface area (Å²) >= 11 is 0. The van der Waals surface area contributed by atoms with Crippen LogP contribution < -0.4 is 10.3 Å². The summed E-state index contributed by atoms with van der Waals surface area (Å²) in [5.41, 5.74) is -1.27. The predicted molar refractivity (Wildman–Crippen MR) is 95.5 cm³/mol. The van der Waals surface area contributed by atoms with Crippen molar-refractivity contribution in [3.8, 4) is 0 Å². The third kappa shape index (κ3) is 3.86. The van der Waals surface area contributed by atoms with Crippen molar-refractivity contribution in [3.05, 3.63) is 59.2 Å². The van der Waals surface area contributed by atoms with Crippen molar-refractivity contribution in [2.24, 2.45) is 5.10 Å². The summed E-state index contributed by atoms with van der Waals surface area (Å²) in [5.74, 6) is -9.16. The number of hydrogen-bond donors (Lipinski definition) is 1. The molecule has 0 aromatic heterocycles. The monoisotopic (exact) mass is 407 g/mol. The van der Waals surface area contributed by atoms with Gasteiger partial charge in [-0.15, -0.1) is 0 Å². The summed E-state index contributed by atoms with van der Waals surface area (Å²) in [6, 6.07) is 6.10. The third-order valence-electron chi connectivity index (χ3n) is 4.15. The molecule has 10 heteroatoms. The van der Waals surface area contributed by atoms with Crippen LogP contribution in [0.25, 0.3) is 0 Å². The van der Waals surface area contributed by atoms with Gasteiger partial charge in [0.1, 0.15) is 11.4 Å². The second-order valence-electron chi connectivity index (χ2n) is 6.12. The second kappa shape index (κ2) is 7.82. The lowest BCUT2D eigenvalue weighted by Crippen LogP contribution is -2.37. The van der Waals surface area contributed by atoms with Crippen molar-refractivity contribution in [2.45, 2.75) is 19.8 Å². The van der Waals surface area contributed by atoms with E-state index in [1.165, 1.54) is 19.1 Å². The lowest BCUT2D eigenvalue weighted by atomic mass is 10.1. The first-order valence-corrected chi connectivity index (χ1v) is 8.35. The molecule has 3 rings (SSSR count). The minimum absolute atomic E-state index is 0.00138. The Balaban J connectivity index is 1.98. The molecule has 0 aliphatic carbocycles. The fourth-order valence-corrected chi connectivity index (χ4v) is 2.73. The molecular weight excluding hydrogens is 394 g/mol. The van der Waals surface area contributed by atoms with E-state index in [-0.39, 0.29) is 46.7 Å². The molecule has 2 aromatic rings. The Morgan fingerprint density at radius 1 is 1.03 bits per heavy atom. The SMILES string of the molecule is CC(=O)c1ccccc1NC(=O)C1=NN(c2c(F)c(F)cc(F)c2F)C(=O)CC1. The van der Waals surface area contributed by atoms with Crippen LogP contribution in [0.2, 0.25) is 0 Å². The van der Waals surface area contributed by atoms with E-state index in [1.54, 1.807) is 12.1 Å². The van der Waals surface area contributed by atoms with Gasteiger partial charge in [0.25, 0.3) is 5.91 Å². The van der Waals surface area contributed by atoms with Gasteiger partial charge in [-0.1, -0.05) is 12.1 Å². The fraction of sp³-hybridized carbons (Fsp3) is 0.158. The number of nitrogens with one attached hydrogen (secondary N) is 1. The van der Waals surface area contributed by atoms with E-state index in [9.17, 15) is 31.9 Å². The zero-order valence-corrected chi connectivity index (χ0v) is 14.9. The summed E-state index contributed by atoms with van der Waals surface area (Å²) in [6.07, 6.45) is -0.554. The van der Waals surface area contributed by atoms with E-state index in [4.69, 9.17) is 0 Å². The maximum Gasteiger partial charge on any atom is 0.271 e. The van der Waals surface area contributed by atoms with Crippen LogP contribution in [0.4, 0.5) is 28.9 Å². The molecule has 0 saturated carbocycles. The third-order valence-corrected chi connectivity index (χ3v) is 4.15. The Kier molecular flexibility index (Phi) is 5.44. The van der Waals surface area contributed by atoms with Crippen LogP contribution in [-0.4, -0.2) is 23.3 Å². The molecule has 1 aliphatic rings. The molecule has 0 radical (unpaired) electrons. The predicted octanol–water partition coefficient (Wildman–Crippen LogP) is 3.57. The van der Waals surface area contributed by atoms with Gasteiger partial charge in [0.2, 0.25) is 5.91 Å². The second-order valence-corrected chi connectivity index (χ2v) is 6.12. The molecule has 1 aliphatic heterocycles. The summed E-state index contributed by atoms with van der Waals surface area (Å²) in [5, 5.41) is 6.17. The van der Waals surface area contributed by atoms with Gasteiger partial charge in [-0.05, 0) is 19.1 Å². The minimum atomic E-state index is -1.82. The molecule has 29 heavy (non-hydrogen) atoms. The van der Waals surface area contributed by atoms with E-state index >= 15 is 0 Å². The van der Waals surface area contributed by atoms with Gasteiger partial charge in [0.15, 0.2) is 29.1 Å². The van der Waals surface area contributed by atoms with Gasteiger partial charge in [-0.3, -0.25) is 14.4 Å². The Morgan fingerprint density at radius 3 is 2.28 bits per heavy atom. The normalized spacial score (nSPS) is 13.9. The van der Waals surface area contributed by atoms with E-state index < -0.39 is 40.8 Å². The Labute approximate surface area is 161 Å². The number of benzene rings is 2. The van der Waals surface area contributed by atoms with Crippen LogP contribution in [0, 0.1) is 23.3 Å². The number of halogens is 4. The Morgan fingerprint density at radius 2 is 1.66 bits per heavy atom. The van der Waals surface area contributed by atoms with E-state index in [0.717, 1.165) is 0 Å². The molecule has 1 heterocycles. The zero-order chi connectivity index (χ0) is 21.3. The molecule has 2 amide bonds. The van der Waals surface area contributed by atoms with Gasteiger partial charge in [-0.2, -0.15) is 10.1 Å². The number of ketones is 1. The quantitative estimate of drug-likeness (QED) is 0.478. The van der Waals surface area contributed by atoms with Crippen molar-refractivity contribution in [2.75, 3.05) is 10.3 Å². The molecule has 2 aromatic carbocycles. The molecular formula is C19H13F4N3O3. The van der Waals surface area contributed by atoms with Gasteiger partial charge < -0.3 is 5.32 Å². The number of Topliss-reactive ketones (excluding diaryl/α,β-unsaturated/α-hetero) is 1. The average molecular weight is 407 g/mol. The van der Waals surface area contributed by atoms with Crippen molar-refractivity contribution in [3.63, 3.8) is 0 Å². The van der Waals surface area contributed by atoms with E-state index in [2.05, 4.69) is 10.4 Å². The van der Waals surface area contributed by atoms with Gasteiger partial charge in [0, 0.05) is 24.5 Å². The topological polar surface area (TPSA) is 78.8 Å². The van der Waals surface area contributed by atoms with Crippen LogP contribution in [-0.2, 0) is 9.59 Å². The van der Waals surface area contributed by atoms with Crippen LogP contribution in [0.3, 0.4) is 0 Å². The number of hydrogen-bond acceptors (Lipinski definition) is 4. The molecule has 1 N–H and O–H groups in total. The Hall–Kier alpha value is -3.56. The smallest absolute Gasteiger partial charge is 0.271 e. The number of anilines is 2. The number of hydrazone groups is 1. The highest BCUT2D eigenvalue weighted by Gasteiger charge is 2.32. The van der Waals surface area contributed by atoms with Crippen LogP contribution in [0.15, 0.2) is 35.4 Å². The first-order valence-electron chi connectivity index (χ1n) is 8.35. The molecule has 0 saturated heterocycles. The number of carbonyl (C=O) groups excluding carboxylic acids is 3. The van der Waals surface area contributed by atoms with Crippen LogP contribution >= 0.6 is 0 Å². The van der Waals surface area contributed by atoms with Crippen molar-refractivity contribution >= 4 is 34.7 Å². The lowest BCUT2D eigenvalue weighted by Gasteiger charge is -2.24. The highest BCUT2D eigenvalue weighted by atomic mass is 19.2. The molecule has 0 fully saturated rings. The van der Waals surface area contributed by atoms with E-state index in [0.29, 0.717) is 0 Å². The minimum Gasteiger partial charge on any atom is -0.320 e. The number of carbonyl (C=O) groups is 3. The number of para-hydroxylation sites is 1. The summed E-state index contributed by atoms with van der Waals surface area (Å²) in [6.45, 7) is 1.30. The molecule has 0 unspecified atom stereocenters. The lowest BCUT2D eigenvalue weighted by molar-refractivity contribution is -0.118. The summed E-state index contributed by atoms with van der Waals surface area (Å²) in [7, 11) is 0. The largest absolute Gasteiger partial charge is 0.320 e. The van der Waals surface area contributed by atoms with E-state index in [1.807, 2.05) is 0 Å². The van der Waals surface area contributed by atoms with Crippen LogP contribution in [0.1, 0.15) is 30.1 Å². The highest BCUT2D eigenvalue weighted by molar-refractivity contribution is 6.44. The highest BCUT2D eigenvalue weighted by Crippen LogP contribution is 2.30. The van der Waals surface area contributed by atoms with Gasteiger partial charge in [-0.25, -0.2) is 17.6 Å². The first kappa shape index (κ1) is 20.2. The fourth-order valence-electron chi connectivity index (χ4n) is 2.73. The van der Waals surface area contributed by atoms with Crippen molar-refractivity contribution in [1.29, 1.82) is 0 Å². The summed E-state index contributed by atoms with van der Waals surface area (Å²) < 4.78 is 55.0. The average Bonchev–Trinajstić information content (AvgIpc) is 2.68. The van der Waals surface area contributed by atoms with Gasteiger partial charge >= 0.3 is 0 Å².